The number of carbonyl (C=O) groups excluding carboxylic acids is 2. The Morgan fingerprint density at radius 2 is 1.74 bits per heavy atom. The maximum atomic E-state index is 13.2. The number of esters is 1. The number of fused-ring (bicyclic) bond motifs is 5. The van der Waals surface area contributed by atoms with Gasteiger partial charge in [0.25, 0.3) is 0 Å². The van der Waals surface area contributed by atoms with E-state index in [9.17, 15) is 9.59 Å². The Kier molecular flexibility index (Phi) is 6.14. The highest BCUT2D eigenvalue weighted by Crippen LogP contribution is 2.66. The Morgan fingerprint density at radius 3 is 2.43 bits per heavy atom. The molecule has 0 unspecified atom stereocenters. The van der Waals surface area contributed by atoms with E-state index in [1.165, 1.54) is 5.57 Å². The molecule has 0 saturated heterocycles. The fraction of sp³-hybridized carbons (Fsp3) is 0.667. The number of allylic oxidation sites excluding steroid dienone is 1. The van der Waals surface area contributed by atoms with Crippen molar-refractivity contribution in [3.05, 3.63) is 40.9 Å². The highest BCUT2D eigenvalue weighted by molar-refractivity contribution is 6.30. The average molecular weight is 499 g/mol. The van der Waals surface area contributed by atoms with Crippen LogP contribution in [-0.4, -0.2) is 23.5 Å². The second kappa shape index (κ2) is 8.64. The molecule has 4 aliphatic rings. The molecule has 0 amide bonds. The fourth-order valence-electron chi connectivity index (χ4n) is 8.13. The largest absolute Gasteiger partial charge is 0.482 e. The minimum Gasteiger partial charge on any atom is -0.482 e. The Morgan fingerprint density at radius 1 is 1.03 bits per heavy atom. The summed E-state index contributed by atoms with van der Waals surface area (Å²) in [7, 11) is 0. The van der Waals surface area contributed by atoms with Gasteiger partial charge in [-0.3, -0.25) is 9.59 Å². The van der Waals surface area contributed by atoms with Crippen molar-refractivity contribution in [1.29, 1.82) is 0 Å². The molecule has 3 fully saturated rings. The number of rotatable bonds is 3. The molecule has 5 rings (SSSR count). The van der Waals surface area contributed by atoms with Crippen molar-refractivity contribution < 1.29 is 19.1 Å². The predicted octanol–water partition coefficient (Wildman–Crippen LogP) is 7.19. The third-order valence-electron chi connectivity index (χ3n) is 9.76. The maximum absolute atomic E-state index is 13.2. The molecule has 0 heterocycles. The van der Waals surface area contributed by atoms with Crippen molar-refractivity contribution in [1.82, 2.24) is 0 Å². The average Bonchev–Trinajstić information content (AvgIpc) is 3.12. The second-order valence-electron chi connectivity index (χ2n) is 12.9. The zero-order chi connectivity index (χ0) is 25.2. The summed E-state index contributed by atoms with van der Waals surface area (Å²) in [5.41, 5.74) is 0.823. The van der Waals surface area contributed by atoms with Gasteiger partial charge in [0.15, 0.2) is 11.9 Å². The molecule has 0 bridgehead atoms. The lowest BCUT2D eigenvalue weighted by atomic mass is 9.46. The van der Waals surface area contributed by atoms with Gasteiger partial charge in [-0.1, -0.05) is 31.0 Å². The minimum atomic E-state index is -0.463. The molecule has 190 valence electrons. The van der Waals surface area contributed by atoms with E-state index in [4.69, 9.17) is 21.1 Å². The lowest BCUT2D eigenvalue weighted by Gasteiger charge is -2.58. The predicted molar refractivity (Wildman–Crippen MR) is 137 cm³/mol. The van der Waals surface area contributed by atoms with E-state index in [0.717, 1.165) is 44.9 Å². The topological polar surface area (TPSA) is 52.6 Å². The molecule has 1 aromatic carbocycles. The summed E-state index contributed by atoms with van der Waals surface area (Å²) in [6, 6.07) is 7.27. The van der Waals surface area contributed by atoms with Gasteiger partial charge in [0, 0.05) is 11.4 Å². The molecule has 3 saturated carbocycles. The first kappa shape index (κ1) is 24.9. The van der Waals surface area contributed by atoms with E-state index in [0.29, 0.717) is 28.5 Å². The Bertz CT molecular complexity index is 1040. The first-order chi connectivity index (χ1) is 16.4. The van der Waals surface area contributed by atoms with Gasteiger partial charge in [-0.05, 0) is 118 Å². The van der Waals surface area contributed by atoms with Gasteiger partial charge in [-0.15, -0.1) is 0 Å². The Hall–Kier alpha value is -1.81. The van der Waals surface area contributed by atoms with Crippen LogP contribution in [0.25, 0.3) is 0 Å². The van der Waals surface area contributed by atoms with Crippen LogP contribution in [0, 0.1) is 34.5 Å². The van der Waals surface area contributed by atoms with Gasteiger partial charge in [-0.2, -0.15) is 0 Å². The monoisotopic (exact) mass is 498 g/mol. The van der Waals surface area contributed by atoms with Crippen LogP contribution in [0.2, 0.25) is 5.02 Å². The highest BCUT2D eigenvalue weighted by atomic mass is 35.5. The van der Waals surface area contributed by atoms with Crippen LogP contribution >= 0.6 is 11.6 Å². The van der Waals surface area contributed by atoms with Crippen molar-refractivity contribution in [3.8, 4) is 5.75 Å². The number of benzene rings is 1. The van der Waals surface area contributed by atoms with Crippen molar-refractivity contribution in [2.45, 2.75) is 91.3 Å². The summed E-state index contributed by atoms with van der Waals surface area (Å²) in [6.07, 6.45) is 8.40. The fourth-order valence-corrected chi connectivity index (χ4v) is 8.26. The third-order valence-corrected chi connectivity index (χ3v) is 10.0. The van der Waals surface area contributed by atoms with Gasteiger partial charge < -0.3 is 9.47 Å². The molecule has 35 heavy (non-hydrogen) atoms. The summed E-state index contributed by atoms with van der Waals surface area (Å²) in [4.78, 5) is 26.2. The van der Waals surface area contributed by atoms with Crippen LogP contribution < -0.4 is 4.74 Å². The maximum Gasteiger partial charge on any atom is 0.310 e. The van der Waals surface area contributed by atoms with Crippen LogP contribution in [0.3, 0.4) is 0 Å². The standard InChI is InChI=1S/C30H39ClO4/c1-28(2,3)35-27(33)24-13-12-22-21-11-6-18-16-25(32)26(34-20-9-7-19(31)8-10-20)17-30(18,5)23(21)14-15-29(22,24)4/h7-10,16,21-24,26H,6,11-15,17H2,1-5H3/t21-,22-,23-,24+,26+,29-,30-/m0/s1. The van der Waals surface area contributed by atoms with Crippen LogP contribution in [0.4, 0.5) is 0 Å². The van der Waals surface area contributed by atoms with Crippen molar-refractivity contribution in [2.75, 3.05) is 0 Å². The molecule has 0 aromatic heterocycles. The normalized spacial score (nSPS) is 38.6. The second-order valence-corrected chi connectivity index (χ2v) is 13.3. The molecule has 4 nitrogen and oxygen atoms in total. The number of hydrogen-bond donors (Lipinski definition) is 0. The van der Waals surface area contributed by atoms with E-state index in [1.807, 2.05) is 39.0 Å². The van der Waals surface area contributed by atoms with E-state index < -0.39 is 11.7 Å². The molecule has 0 radical (unpaired) electrons. The van der Waals surface area contributed by atoms with Crippen molar-refractivity contribution in [3.63, 3.8) is 0 Å². The molecule has 7 atom stereocenters. The first-order valence-electron chi connectivity index (χ1n) is 13.3. The van der Waals surface area contributed by atoms with Crippen LogP contribution in [0.1, 0.15) is 79.6 Å². The SMILES string of the molecule is CC(C)(C)OC(=O)[C@H]1CC[C@H]2[C@@H]3CCC4=CC(=O)[C@H](Oc5ccc(Cl)cc5)C[C@]4(C)[C@H]3CC[C@]12C. The summed E-state index contributed by atoms with van der Waals surface area (Å²) in [5.74, 6) is 2.38. The molecule has 4 aliphatic carbocycles. The summed E-state index contributed by atoms with van der Waals surface area (Å²) in [6.45, 7) is 10.6. The smallest absolute Gasteiger partial charge is 0.310 e. The lowest BCUT2D eigenvalue weighted by Crippen LogP contribution is -2.53. The number of hydrogen-bond acceptors (Lipinski definition) is 4. The minimum absolute atomic E-state index is 0.00473. The molecular formula is C30H39ClO4. The van der Waals surface area contributed by atoms with Gasteiger partial charge in [0.1, 0.15) is 11.4 Å². The first-order valence-corrected chi connectivity index (χ1v) is 13.7. The molecule has 1 aromatic rings. The third kappa shape index (κ3) is 4.34. The van der Waals surface area contributed by atoms with Crippen molar-refractivity contribution >= 4 is 23.4 Å². The van der Waals surface area contributed by atoms with Gasteiger partial charge in [0.2, 0.25) is 0 Å². The number of ketones is 1. The van der Waals surface area contributed by atoms with Crippen LogP contribution in [0.5, 0.6) is 5.75 Å². The highest BCUT2D eigenvalue weighted by Gasteiger charge is 2.61. The Labute approximate surface area is 214 Å². The molecular weight excluding hydrogens is 460 g/mol. The molecule has 0 N–H and O–H groups in total. The quantitative estimate of drug-likeness (QED) is 0.414. The molecule has 5 heteroatoms. The lowest BCUT2D eigenvalue weighted by molar-refractivity contribution is -0.167. The summed E-state index contributed by atoms with van der Waals surface area (Å²) >= 11 is 6.03. The van der Waals surface area contributed by atoms with E-state index >= 15 is 0 Å². The van der Waals surface area contributed by atoms with Gasteiger partial charge in [-0.25, -0.2) is 0 Å². The summed E-state index contributed by atoms with van der Waals surface area (Å²) < 4.78 is 12.1. The number of carbonyl (C=O) groups is 2. The number of halogens is 1. The van der Waals surface area contributed by atoms with E-state index in [2.05, 4.69) is 13.8 Å². The van der Waals surface area contributed by atoms with Gasteiger partial charge in [0.05, 0.1) is 5.92 Å². The van der Waals surface area contributed by atoms with Crippen molar-refractivity contribution in [2.24, 2.45) is 34.5 Å². The Balaban J connectivity index is 1.37. The molecule has 0 spiro atoms. The van der Waals surface area contributed by atoms with Crippen LogP contribution in [-0.2, 0) is 14.3 Å². The summed E-state index contributed by atoms with van der Waals surface area (Å²) in [5, 5.41) is 0.656. The van der Waals surface area contributed by atoms with E-state index in [-0.39, 0.29) is 28.5 Å². The molecule has 0 aliphatic heterocycles. The zero-order valence-corrected chi connectivity index (χ0v) is 22.5. The van der Waals surface area contributed by atoms with E-state index in [1.54, 1.807) is 12.1 Å². The number of ether oxygens (including phenoxy) is 2. The van der Waals surface area contributed by atoms with Gasteiger partial charge >= 0.3 is 5.97 Å². The zero-order valence-electron chi connectivity index (χ0n) is 21.7. The van der Waals surface area contributed by atoms with Crippen LogP contribution in [0.15, 0.2) is 35.9 Å².